The molecule has 2 aliphatic heterocycles. The number of halogens is 3. The maximum Gasteiger partial charge on any atom is 0.414 e. The summed E-state index contributed by atoms with van der Waals surface area (Å²) in [6.45, 7) is -0.262. The van der Waals surface area contributed by atoms with Gasteiger partial charge in [-0.1, -0.05) is 0 Å². The van der Waals surface area contributed by atoms with Crippen molar-refractivity contribution >= 4 is 23.6 Å². The SMILES string of the molecule is CN(C[C@H]1CN(c2cc(F)c(N3CC(F)C3)c(F)c2)C(=O)O1)C(=O)O. The van der Waals surface area contributed by atoms with Crippen LogP contribution in [0.15, 0.2) is 12.1 Å². The third-order valence-electron chi connectivity index (χ3n) is 4.14. The Labute approximate surface area is 141 Å². The van der Waals surface area contributed by atoms with Gasteiger partial charge in [-0.05, 0) is 0 Å². The molecule has 2 amide bonds. The zero-order valence-electron chi connectivity index (χ0n) is 13.3. The molecule has 7 nitrogen and oxygen atoms in total. The van der Waals surface area contributed by atoms with Crippen LogP contribution < -0.4 is 9.80 Å². The van der Waals surface area contributed by atoms with Crippen molar-refractivity contribution in [1.29, 1.82) is 0 Å². The van der Waals surface area contributed by atoms with Gasteiger partial charge in [0.1, 0.15) is 18.0 Å². The Balaban J connectivity index is 1.76. The Kier molecular flexibility index (Phi) is 4.36. The molecule has 2 fully saturated rings. The van der Waals surface area contributed by atoms with Crippen LogP contribution >= 0.6 is 0 Å². The maximum absolute atomic E-state index is 14.2. The van der Waals surface area contributed by atoms with Crippen molar-refractivity contribution in [3.8, 4) is 0 Å². The zero-order chi connectivity index (χ0) is 18.3. The van der Waals surface area contributed by atoms with Crippen molar-refractivity contribution in [2.45, 2.75) is 12.3 Å². The minimum atomic E-state index is -1.18. The van der Waals surface area contributed by atoms with Crippen LogP contribution in [0.5, 0.6) is 0 Å². The van der Waals surface area contributed by atoms with Gasteiger partial charge in [0.05, 0.1) is 31.9 Å². The molecule has 1 N–H and O–H groups in total. The second kappa shape index (κ2) is 6.34. The van der Waals surface area contributed by atoms with Crippen molar-refractivity contribution in [2.24, 2.45) is 0 Å². The van der Waals surface area contributed by atoms with E-state index in [1.54, 1.807) is 0 Å². The summed E-state index contributed by atoms with van der Waals surface area (Å²) in [5.74, 6) is -1.80. The van der Waals surface area contributed by atoms with Crippen LogP contribution in [0.25, 0.3) is 0 Å². The van der Waals surface area contributed by atoms with Gasteiger partial charge in [0, 0.05) is 19.2 Å². The minimum Gasteiger partial charge on any atom is -0.465 e. The molecular formula is C15H16F3N3O4. The summed E-state index contributed by atoms with van der Waals surface area (Å²) in [6, 6.07) is 1.96. The number of carbonyl (C=O) groups excluding carboxylic acids is 1. The molecule has 1 aromatic carbocycles. The number of carboxylic acid groups (broad SMARTS) is 1. The lowest BCUT2D eigenvalue weighted by atomic mass is 10.1. The molecule has 1 atom stereocenters. The van der Waals surface area contributed by atoms with Crippen LogP contribution in [-0.4, -0.2) is 67.7 Å². The summed E-state index contributed by atoms with van der Waals surface area (Å²) in [5, 5.41) is 8.84. The number of benzene rings is 1. The fourth-order valence-electron chi connectivity index (χ4n) is 2.83. The fourth-order valence-corrected chi connectivity index (χ4v) is 2.83. The maximum atomic E-state index is 14.2. The van der Waals surface area contributed by atoms with Crippen LogP contribution in [0.1, 0.15) is 0 Å². The molecule has 0 radical (unpaired) electrons. The van der Waals surface area contributed by atoms with Crippen molar-refractivity contribution in [1.82, 2.24) is 4.90 Å². The molecule has 0 bridgehead atoms. The van der Waals surface area contributed by atoms with E-state index in [0.717, 1.165) is 21.9 Å². The van der Waals surface area contributed by atoms with E-state index in [-0.39, 0.29) is 37.6 Å². The molecular weight excluding hydrogens is 343 g/mol. The first-order chi connectivity index (χ1) is 11.8. The topological polar surface area (TPSA) is 73.3 Å². The third-order valence-corrected chi connectivity index (χ3v) is 4.14. The molecule has 25 heavy (non-hydrogen) atoms. The molecule has 2 saturated heterocycles. The largest absolute Gasteiger partial charge is 0.465 e. The Morgan fingerprint density at radius 2 is 1.92 bits per heavy atom. The summed E-state index contributed by atoms with van der Waals surface area (Å²) in [6.07, 6.45) is -3.86. The van der Waals surface area contributed by atoms with E-state index in [4.69, 9.17) is 9.84 Å². The highest BCUT2D eigenvalue weighted by Crippen LogP contribution is 2.33. The van der Waals surface area contributed by atoms with Crippen LogP contribution in [0, 0.1) is 11.6 Å². The Morgan fingerprint density at radius 3 is 2.44 bits per heavy atom. The van der Waals surface area contributed by atoms with E-state index in [9.17, 15) is 22.8 Å². The Bertz CT molecular complexity index is 688. The molecule has 136 valence electrons. The highest BCUT2D eigenvalue weighted by atomic mass is 19.1. The van der Waals surface area contributed by atoms with Gasteiger partial charge in [0.25, 0.3) is 0 Å². The first-order valence-corrected chi connectivity index (χ1v) is 7.56. The molecule has 0 aliphatic carbocycles. The van der Waals surface area contributed by atoms with Crippen molar-refractivity contribution < 1.29 is 32.6 Å². The number of nitrogens with zero attached hydrogens (tertiary/aromatic N) is 3. The second-order valence-corrected chi connectivity index (χ2v) is 6.04. The Hall–Kier alpha value is -2.65. The van der Waals surface area contributed by atoms with Gasteiger partial charge in [0.15, 0.2) is 11.6 Å². The van der Waals surface area contributed by atoms with E-state index in [1.165, 1.54) is 11.9 Å². The minimum absolute atomic E-state index is 0.0368. The fraction of sp³-hybridized carbons (Fsp3) is 0.467. The first-order valence-electron chi connectivity index (χ1n) is 7.56. The lowest BCUT2D eigenvalue weighted by molar-refractivity contribution is 0.106. The number of carbonyl (C=O) groups is 2. The van der Waals surface area contributed by atoms with Gasteiger partial charge in [-0.25, -0.2) is 22.8 Å². The number of anilines is 2. The van der Waals surface area contributed by atoms with E-state index < -0.39 is 36.1 Å². The van der Waals surface area contributed by atoms with E-state index >= 15 is 0 Å². The summed E-state index contributed by atoms with van der Waals surface area (Å²) in [4.78, 5) is 26.0. The molecule has 3 rings (SSSR count). The predicted octanol–water partition coefficient (Wildman–Crippen LogP) is 2.06. The van der Waals surface area contributed by atoms with Crippen LogP contribution in [0.4, 0.5) is 34.1 Å². The van der Waals surface area contributed by atoms with E-state index in [2.05, 4.69) is 0 Å². The quantitative estimate of drug-likeness (QED) is 0.891. The monoisotopic (exact) mass is 359 g/mol. The van der Waals surface area contributed by atoms with Crippen molar-refractivity contribution in [2.75, 3.05) is 43.0 Å². The molecule has 0 unspecified atom stereocenters. The summed E-state index contributed by atoms with van der Waals surface area (Å²) in [7, 11) is 1.32. The van der Waals surface area contributed by atoms with Crippen LogP contribution in [0.2, 0.25) is 0 Å². The molecule has 0 saturated carbocycles. The number of likely N-dealkylation sites (N-methyl/N-ethyl adjacent to an activating group) is 1. The summed E-state index contributed by atoms with van der Waals surface area (Å²) >= 11 is 0. The zero-order valence-corrected chi connectivity index (χ0v) is 13.3. The van der Waals surface area contributed by atoms with Crippen molar-refractivity contribution in [3.63, 3.8) is 0 Å². The number of alkyl halides is 1. The standard InChI is InChI=1S/C15H16F3N3O4/c1-19(14(22)23)6-10-7-21(15(24)25-10)9-2-11(17)13(12(18)3-9)20-4-8(16)5-20/h2-3,8,10H,4-7H2,1H3,(H,22,23)/t10-/m0/s1. The average Bonchev–Trinajstić information content (AvgIpc) is 2.85. The normalized spacial score (nSPS) is 20.5. The number of amides is 2. The number of ether oxygens (including phenoxy) is 1. The van der Waals surface area contributed by atoms with Crippen molar-refractivity contribution in [3.05, 3.63) is 23.8 Å². The smallest absolute Gasteiger partial charge is 0.414 e. The van der Waals surface area contributed by atoms with Gasteiger partial charge >= 0.3 is 12.2 Å². The summed E-state index contributed by atoms with van der Waals surface area (Å²) < 4.78 is 46.4. The van der Waals surface area contributed by atoms with Gasteiger partial charge in [-0.3, -0.25) is 4.90 Å². The molecule has 2 aliphatic rings. The van der Waals surface area contributed by atoms with E-state index in [1.807, 2.05) is 0 Å². The van der Waals surface area contributed by atoms with Gasteiger partial charge in [0.2, 0.25) is 0 Å². The summed E-state index contributed by atoms with van der Waals surface area (Å²) in [5.41, 5.74) is -0.367. The molecule has 0 spiro atoms. The molecule has 1 aromatic rings. The van der Waals surface area contributed by atoms with E-state index in [0.29, 0.717) is 0 Å². The second-order valence-electron chi connectivity index (χ2n) is 6.04. The molecule has 10 heteroatoms. The number of rotatable bonds is 4. The highest BCUT2D eigenvalue weighted by molar-refractivity contribution is 5.90. The number of hydrogen-bond acceptors (Lipinski definition) is 4. The van der Waals surface area contributed by atoms with Crippen LogP contribution in [-0.2, 0) is 4.74 Å². The van der Waals surface area contributed by atoms with Gasteiger partial charge in [-0.2, -0.15) is 0 Å². The number of hydrogen-bond donors (Lipinski definition) is 1. The number of cyclic esters (lactones) is 1. The predicted molar refractivity (Wildman–Crippen MR) is 81.7 cm³/mol. The highest BCUT2D eigenvalue weighted by Gasteiger charge is 2.36. The third kappa shape index (κ3) is 3.28. The average molecular weight is 359 g/mol. The van der Waals surface area contributed by atoms with Gasteiger partial charge in [-0.15, -0.1) is 0 Å². The Morgan fingerprint density at radius 1 is 1.32 bits per heavy atom. The van der Waals surface area contributed by atoms with Crippen LogP contribution in [0.3, 0.4) is 0 Å². The lowest BCUT2D eigenvalue weighted by Crippen LogP contribution is -2.49. The van der Waals surface area contributed by atoms with Gasteiger partial charge < -0.3 is 19.6 Å². The molecule has 2 heterocycles. The lowest BCUT2D eigenvalue weighted by Gasteiger charge is -2.36. The first kappa shape index (κ1) is 17.2. The molecule has 0 aromatic heterocycles.